The summed E-state index contributed by atoms with van der Waals surface area (Å²) in [4.78, 5) is 10.2. The van der Waals surface area contributed by atoms with Gasteiger partial charge in [0.1, 0.15) is 0 Å². The van der Waals surface area contributed by atoms with Crippen molar-refractivity contribution in [3.05, 3.63) is 0 Å². The lowest BCUT2D eigenvalue weighted by Crippen LogP contribution is -2.21. The molecule has 0 radical (unpaired) electrons. The molecule has 0 spiro atoms. The highest BCUT2D eigenvalue weighted by atomic mass is 19.4. The molecule has 0 aromatic rings. The van der Waals surface area contributed by atoms with E-state index in [1.54, 1.807) is 0 Å². The van der Waals surface area contributed by atoms with E-state index < -0.39 is 23.5 Å². The molecule has 2 atom stereocenters. The summed E-state index contributed by atoms with van der Waals surface area (Å²) in [5.74, 6) is -3.01. The van der Waals surface area contributed by atoms with Gasteiger partial charge in [-0.1, -0.05) is 0 Å². The topological polar surface area (TPSA) is 37.3 Å². The van der Waals surface area contributed by atoms with Crippen LogP contribution in [0.2, 0.25) is 0 Å². The second-order valence-corrected chi connectivity index (χ2v) is 3.02. The summed E-state index contributed by atoms with van der Waals surface area (Å²) in [6.45, 7) is 1.12. The van der Waals surface area contributed by atoms with Crippen LogP contribution in [-0.4, -0.2) is 17.3 Å². The van der Waals surface area contributed by atoms with E-state index >= 15 is 0 Å². The summed E-state index contributed by atoms with van der Waals surface area (Å²) in [7, 11) is 0. The summed E-state index contributed by atoms with van der Waals surface area (Å²) in [6, 6.07) is 0. The van der Waals surface area contributed by atoms with E-state index in [1.165, 1.54) is 0 Å². The highest BCUT2D eigenvalue weighted by molar-refractivity contribution is 5.78. The number of hydrogen-bond acceptors (Lipinski definition) is 1. The second kappa shape index (κ2) is 1.89. The van der Waals surface area contributed by atoms with Gasteiger partial charge < -0.3 is 5.11 Å². The highest BCUT2D eigenvalue weighted by Crippen LogP contribution is 2.60. The maximum atomic E-state index is 11.8. The van der Waals surface area contributed by atoms with Gasteiger partial charge in [0, 0.05) is 0 Å². The van der Waals surface area contributed by atoms with Crippen LogP contribution in [0.3, 0.4) is 0 Å². The number of aliphatic carboxylic acids is 1. The van der Waals surface area contributed by atoms with E-state index in [4.69, 9.17) is 5.11 Å². The molecule has 1 rings (SSSR count). The van der Waals surface area contributed by atoms with E-state index in [0.717, 1.165) is 6.92 Å². The molecule has 1 aliphatic rings. The first kappa shape index (κ1) is 8.36. The quantitative estimate of drug-likeness (QED) is 0.646. The third-order valence-electron chi connectivity index (χ3n) is 2.12. The first-order chi connectivity index (χ1) is 4.78. The molecule has 0 aromatic carbocycles. The van der Waals surface area contributed by atoms with Crippen molar-refractivity contribution in [2.45, 2.75) is 19.5 Å². The predicted molar refractivity (Wildman–Crippen MR) is 29.9 cm³/mol. The summed E-state index contributed by atoms with van der Waals surface area (Å²) in [5.41, 5.74) is -1.56. The third kappa shape index (κ3) is 1.19. The number of carboxylic acids is 1. The Hall–Kier alpha value is -0.740. The van der Waals surface area contributed by atoms with Crippen LogP contribution in [0.25, 0.3) is 0 Å². The summed E-state index contributed by atoms with van der Waals surface area (Å²) < 4.78 is 35.5. The molecule has 11 heavy (non-hydrogen) atoms. The number of alkyl halides is 3. The van der Waals surface area contributed by atoms with Crippen LogP contribution in [0.5, 0.6) is 0 Å². The van der Waals surface area contributed by atoms with E-state index in [0.29, 0.717) is 0 Å². The highest BCUT2D eigenvalue weighted by Gasteiger charge is 2.68. The monoisotopic (exact) mass is 168 g/mol. The fourth-order valence-electron chi connectivity index (χ4n) is 1.08. The molecule has 0 unspecified atom stereocenters. The lowest BCUT2D eigenvalue weighted by atomic mass is 10.1. The maximum absolute atomic E-state index is 11.8. The smallest absolute Gasteiger partial charge is 0.392 e. The predicted octanol–water partition coefficient (Wildman–Crippen LogP) is 1.66. The van der Waals surface area contributed by atoms with Crippen LogP contribution in [0, 0.1) is 11.3 Å². The van der Waals surface area contributed by atoms with E-state index in [2.05, 4.69) is 0 Å². The Labute approximate surface area is 61.0 Å². The van der Waals surface area contributed by atoms with Crippen molar-refractivity contribution in [2.24, 2.45) is 11.3 Å². The van der Waals surface area contributed by atoms with Gasteiger partial charge in [-0.2, -0.15) is 13.2 Å². The van der Waals surface area contributed by atoms with Gasteiger partial charge in [-0.05, 0) is 13.3 Å². The maximum Gasteiger partial charge on any atom is 0.392 e. The number of carboxylic acid groups (broad SMARTS) is 1. The molecule has 0 saturated heterocycles. The van der Waals surface area contributed by atoms with E-state index in [9.17, 15) is 18.0 Å². The van der Waals surface area contributed by atoms with Gasteiger partial charge in [0.15, 0.2) is 0 Å². The number of rotatable bonds is 1. The molecule has 1 aliphatic carbocycles. The fourth-order valence-corrected chi connectivity index (χ4v) is 1.08. The standard InChI is InChI=1S/C6H7F3O2/c1-5(4(10)11)2-3(5)6(7,8)9/h3H,2H2,1H3,(H,10,11)/t3-,5-/m1/s1. The van der Waals surface area contributed by atoms with Crippen LogP contribution < -0.4 is 0 Å². The normalized spacial score (nSPS) is 36.9. The summed E-state index contributed by atoms with van der Waals surface area (Å²) in [6.07, 6.45) is -4.64. The van der Waals surface area contributed by atoms with Crippen molar-refractivity contribution in [3.63, 3.8) is 0 Å². The molecular formula is C6H7F3O2. The first-order valence-corrected chi connectivity index (χ1v) is 3.08. The Morgan fingerprint density at radius 3 is 2.18 bits per heavy atom. The number of hydrogen-bond donors (Lipinski definition) is 1. The minimum Gasteiger partial charge on any atom is -0.481 e. The Kier molecular flexibility index (Phi) is 1.44. The zero-order valence-corrected chi connectivity index (χ0v) is 5.77. The van der Waals surface area contributed by atoms with E-state index in [-0.39, 0.29) is 6.42 Å². The van der Waals surface area contributed by atoms with Crippen molar-refractivity contribution in [2.75, 3.05) is 0 Å². The first-order valence-electron chi connectivity index (χ1n) is 3.08. The number of carbonyl (C=O) groups is 1. The molecule has 0 aromatic heterocycles. The SMILES string of the molecule is C[C@@]1(C(=O)O)C[C@H]1C(F)(F)F. The van der Waals surface area contributed by atoms with Crippen LogP contribution in [0.1, 0.15) is 13.3 Å². The molecule has 1 N–H and O–H groups in total. The number of halogens is 3. The average Bonchev–Trinajstić information content (AvgIpc) is 2.41. The molecule has 64 valence electrons. The van der Waals surface area contributed by atoms with Gasteiger partial charge in [-0.3, -0.25) is 4.79 Å². The zero-order valence-electron chi connectivity index (χ0n) is 5.77. The molecule has 0 heterocycles. The van der Waals surface area contributed by atoms with Crippen LogP contribution in [0.4, 0.5) is 13.2 Å². The minimum atomic E-state index is -4.35. The van der Waals surface area contributed by atoms with Gasteiger partial charge in [0.25, 0.3) is 0 Å². The van der Waals surface area contributed by atoms with Crippen molar-refractivity contribution < 1.29 is 23.1 Å². The van der Waals surface area contributed by atoms with Crippen LogP contribution in [-0.2, 0) is 4.79 Å². The zero-order chi connectivity index (χ0) is 8.86. The van der Waals surface area contributed by atoms with Gasteiger partial charge in [-0.25, -0.2) is 0 Å². The van der Waals surface area contributed by atoms with Crippen LogP contribution >= 0.6 is 0 Å². The van der Waals surface area contributed by atoms with E-state index in [1.807, 2.05) is 0 Å². The van der Waals surface area contributed by atoms with Crippen molar-refractivity contribution >= 4 is 5.97 Å². The van der Waals surface area contributed by atoms with Crippen molar-refractivity contribution in [1.82, 2.24) is 0 Å². The minimum absolute atomic E-state index is 0.286. The Balaban J connectivity index is 2.68. The molecule has 5 heteroatoms. The molecule has 1 fully saturated rings. The molecule has 0 aliphatic heterocycles. The van der Waals surface area contributed by atoms with Crippen molar-refractivity contribution in [1.29, 1.82) is 0 Å². The van der Waals surface area contributed by atoms with Crippen LogP contribution in [0.15, 0.2) is 0 Å². The summed E-state index contributed by atoms with van der Waals surface area (Å²) >= 11 is 0. The largest absolute Gasteiger partial charge is 0.481 e. The molecule has 0 amide bonds. The average molecular weight is 168 g/mol. The Bertz CT molecular complexity index is 198. The molecule has 1 saturated carbocycles. The third-order valence-corrected chi connectivity index (χ3v) is 2.12. The lowest BCUT2D eigenvalue weighted by Gasteiger charge is -2.07. The van der Waals surface area contributed by atoms with Crippen molar-refractivity contribution in [3.8, 4) is 0 Å². The fraction of sp³-hybridized carbons (Fsp3) is 0.833. The molecule has 2 nitrogen and oxygen atoms in total. The van der Waals surface area contributed by atoms with Gasteiger partial charge in [-0.15, -0.1) is 0 Å². The summed E-state index contributed by atoms with van der Waals surface area (Å²) in [5, 5.41) is 8.35. The van der Waals surface area contributed by atoms with Gasteiger partial charge in [0.05, 0.1) is 11.3 Å². The van der Waals surface area contributed by atoms with Gasteiger partial charge in [0.2, 0.25) is 0 Å². The molecular weight excluding hydrogens is 161 g/mol. The second-order valence-electron chi connectivity index (χ2n) is 3.02. The molecule has 0 bridgehead atoms. The van der Waals surface area contributed by atoms with Gasteiger partial charge >= 0.3 is 12.1 Å². The Morgan fingerprint density at radius 2 is 2.09 bits per heavy atom. The Morgan fingerprint density at radius 1 is 1.64 bits per heavy atom. The lowest BCUT2D eigenvalue weighted by molar-refractivity contribution is -0.167.